The highest BCUT2D eigenvalue weighted by atomic mass is 28.4. The van der Waals surface area contributed by atoms with Crippen molar-refractivity contribution < 1.29 is 9.16 Å². The van der Waals surface area contributed by atoms with Crippen LogP contribution in [-0.2, 0) is 9.16 Å². The molecule has 0 aromatic heterocycles. The lowest BCUT2D eigenvalue weighted by Gasteiger charge is -2.41. The normalized spacial score (nSPS) is 36.1. The highest BCUT2D eigenvalue weighted by Gasteiger charge is 2.59. The molecule has 29 heavy (non-hydrogen) atoms. The predicted octanol–water partition coefficient (Wildman–Crippen LogP) is 7.97. The van der Waals surface area contributed by atoms with E-state index in [0.717, 1.165) is 32.1 Å². The van der Waals surface area contributed by atoms with Gasteiger partial charge in [-0.3, -0.25) is 0 Å². The van der Waals surface area contributed by atoms with Gasteiger partial charge >= 0.3 is 0 Å². The molecule has 0 N–H and O–H groups in total. The highest BCUT2D eigenvalue weighted by molar-refractivity contribution is 6.74. The summed E-state index contributed by atoms with van der Waals surface area (Å²) in [7, 11) is -1.91. The van der Waals surface area contributed by atoms with Gasteiger partial charge in [-0.1, -0.05) is 56.2 Å². The van der Waals surface area contributed by atoms with E-state index in [-0.39, 0.29) is 22.8 Å². The Morgan fingerprint density at radius 1 is 1.14 bits per heavy atom. The third-order valence-electron chi connectivity index (χ3n) is 7.52. The summed E-state index contributed by atoms with van der Waals surface area (Å²) >= 11 is 0. The third kappa shape index (κ3) is 6.42. The fraction of sp³-hybridized carbons (Fsp3) is 0.769. The van der Waals surface area contributed by atoms with Gasteiger partial charge < -0.3 is 9.16 Å². The van der Waals surface area contributed by atoms with Crippen LogP contribution in [0.5, 0.6) is 0 Å². The van der Waals surface area contributed by atoms with Crippen LogP contribution in [0.4, 0.5) is 0 Å². The molecular weight excluding hydrogens is 372 g/mol. The van der Waals surface area contributed by atoms with Gasteiger partial charge in [0.15, 0.2) is 8.32 Å². The van der Waals surface area contributed by atoms with Gasteiger partial charge in [-0.05, 0) is 84.4 Å². The minimum atomic E-state index is -1.91. The molecule has 1 saturated heterocycles. The second-order valence-corrected chi connectivity index (χ2v) is 16.1. The van der Waals surface area contributed by atoms with Gasteiger partial charge in [-0.2, -0.15) is 0 Å². The van der Waals surface area contributed by atoms with Crippen LogP contribution in [0.25, 0.3) is 0 Å². The largest absolute Gasteiger partial charge is 0.411 e. The topological polar surface area (TPSA) is 21.8 Å². The van der Waals surface area contributed by atoms with Crippen molar-refractivity contribution in [3.63, 3.8) is 0 Å². The van der Waals surface area contributed by atoms with Gasteiger partial charge in [-0.25, -0.2) is 0 Å². The summed E-state index contributed by atoms with van der Waals surface area (Å²) in [6.07, 6.45) is 11.8. The van der Waals surface area contributed by atoms with Gasteiger partial charge in [0.2, 0.25) is 0 Å². The van der Waals surface area contributed by atoms with Gasteiger partial charge in [0.05, 0.1) is 11.7 Å². The Labute approximate surface area is 182 Å². The summed E-state index contributed by atoms with van der Waals surface area (Å²) in [5, 5.41) is 0.187. The van der Waals surface area contributed by atoms with E-state index < -0.39 is 8.32 Å². The minimum Gasteiger partial charge on any atom is -0.411 e. The number of epoxide rings is 1. The molecule has 0 spiro atoms. The predicted molar refractivity (Wildman–Crippen MR) is 129 cm³/mol. The summed E-state index contributed by atoms with van der Waals surface area (Å²) in [5.41, 5.74) is 4.17. The molecule has 2 aliphatic rings. The molecule has 3 heteroatoms. The highest BCUT2D eigenvalue weighted by Crippen LogP contribution is 2.49. The number of fused-ring (bicyclic) bond motifs is 1. The van der Waals surface area contributed by atoms with Crippen LogP contribution in [0, 0.1) is 5.92 Å². The lowest BCUT2D eigenvalue weighted by atomic mass is 9.84. The van der Waals surface area contributed by atoms with Gasteiger partial charge in [0.25, 0.3) is 0 Å². The van der Waals surface area contributed by atoms with Crippen LogP contribution in [0.1, 0.15) is 87.0 Å². The first kappa shape index (κ1) is 24.6. The van der Waals surface area contributed by atoms with Crippen molar-refractivity contribution in [2.45, 2.75) is 123 Å². The zero-order chi connectivity index (χ0) is 22.0. The molecule has 4 atom stereocenters. The standard InChI is InChI=1S/C26H46O2Si/c1-19(2)22-17-16-21(4)14-11-13-20(3)15-12-18-26(8)24(27-26)23(22)28-29(9,10)25(5,6)7/h14-15,22-24H,1,11-13,16-18H2,2-10H3/b20-15+,21-14+/t22?,23-,24-,26-/m1/s1. The van der Waals surface area contributed by atoms with E-state index in [4.69, 9.17) is 9.16 Å². The van der Waals surface area contributed by atoms with Crippen LogP contribution in [0.2, 0.25) is 18.1 Å². The van der Waals surface area contributed by atoms with E-state index in [0.29, 0.717) is 5.92 Å². The van der Waals surface area contributed by atoms with Crippen LogP contribution >= 0.6 is 0 Å². The van der Waals surface area contributed by atoms with Gasteiger partial charge in [0, 0.05) is 5.92 Å². The number of allylic oxidation sites excluding steroid dienone is 4. The first-order chi connectivity index (χ1) is 13.3. The monoisotopic (exact) mass is 418 g/mol. The van der Waals surface area contributed by atoms with E-state index in [1.165, 1.54) is 23.1 Å². The first-order valence-corrected chi connectivity index (χ1v) is 14.5. The van der Waals surface area contributed by atoms with Crippen LogP contribution in [0.15, 0.2) is 35.5 Å². The van der Waals surface area contributed by atoms with E-state index in [9.17, 15) is 0 Å². The summed E-state index contributed by atoms with van der Waals surface area (Å²) < 4.78 is 13.5. The summed E-state index contributed by atoms with van der Waals surface area (Å²) in [5.74, 6) is 0.347. The van der Waals surface area contributed by atoms with Crippen molar-refractivity contribution in [3.05, 3.63) is 35.5 Å². The Balaban J connectivity index is 2.34. The van der Waals surface area contributed by atoms with Crippen LogP contribution in [0.3, 0.4) is 0 Å². The third-order valence-corrected chi connectivity index (χ3v) is 12.0. The van der Waals surface area contributed by atoms with E-state index in [1.807, 2.05) is 0 Å². The Kier molecular flexibility index (Phi) is 7.84. The fourth-order valence-electron chi connectivity index (χ4n) is 4.17. The van der Waals surface area contributed by atoms with Gasteiger partial charge in [-0.15, -0.1) is 0 Å². The van der Waals surface area contributed by atoms with Gasteiger partial charge in [0.1, 0.15) is 6.10 Å². The molecule has 2 rings (SSSR count). The Morgan fingerprint density at radius 2 is 1.72 bits per heavy atom. The average Bonchev–Trinajstić information content (AvgIpc) is 3.23. The van der Waals surface area contributed by atoms with Crippen LogP contribution in [-0.4, -0.2) is 26.1 Å². The molecular formula is C26H46O2Si. The number of hydrogen-bond acceptors (Lipinski definition) is 2. The molecule has 0 aromatic carbocycles. The second-order valence-electron chi connectivity index (χ2n) is 11.4. The fourth-order valence-corrected chi connectivity index (χ4v) is 5.50. The molecule has 166 valence electrons. The van der Waals surface area contributed by atoms with Crippen molar-refractivity contribution in [2.24, 2.45) is 5.92 Å². The maximum absolute atomic E-state index is 7.07. The Bertz CT molecular complexity index is 652. The molecule has 1 aliphatic heterocycles. The van der Waals surface area contributed by atoms with Crippen LogP contribution < -0.4 is 0 Å². The number of hydrogen-bond donors (Lipinski definition) is 0. The van der Waals surface area contributed by atoms with Crippen molar-refractivity contribution in [1.82, 2.24) is 0 Å². The zero-order valence-corrected chi connectivity index (χ0v) is 21.7. The quantitative estimate of drug-likeness (QED) is 0.263. The molecule has 1 heterocycles. The molecule has 0 saturated carbocycles. The molecule has 1 fully saturated rings. The summed E-state index contributed by atoms with van der Waals surface area (Å²) in [4.78, 5) is 0. The Hall–Kier alpha value is -0.643. The van der Waals surface area contributed by atoms with E-state index in [1.54, 1.807) is 0 Å². The molecule has 1 aliphatic carbocycles. The molecule has 0 aromatic rings. The zero-order valence-electron chi connectivity index (χ0n) is 20.7. The molecule has 0 amide bonds. The molecule has 0 bridgehead atoms. The van der Waals surface area contributed by atoms with Crippen molar-refractivity contribution in [1.29, 1.82) is 0 Å². The van der Waals surface area contributed by atoms with Crippen molar-refractivity contribution in [2.75, 3.05) is 0 Å². The lowest BCUT2D eigenvalue weighted by Crippen LogP contribution is -2.48. The smallest absolute Gasteiger partial charge is 0.192 e. The average molecular weight is 419 g/mol. The maximum Gasteiger partial charge on any atom is 0.192 e. The number of rotatable bonds is 3. The Morgan fingerprint density at radius 3 is 2.31 bits per heavy atom. The molecule has 1 unspecified atom stereocenters. The molecule has 2 nitrogen and oxygen atoms in total. The second kappa shape index (κ2) is 9.24. The van der Waals surface area contributed by atoms with Crippen molar-refractivity contribution >= 4 is 8.32 Å². The minimum absolute atomic E-state index is 0.0630. The number of ether oxygens (including phenoxy) is 1. The van der Waals surface area contributed by atoms with E-state index in [2.05, 4.69) is 80.3 Å². The SMILES string of the molecule is C=C(C)C1CC/C(C)=C/CC/C(C)=C/CC[C@@]2(C)O[C@@H]2[C@@H]1O[Si](C)(C)C(C)(C)C. The first-order valence-electron chi connectivity index (χ1n) is 11.6. The van der Waals surface area contributed by atoms with Crippen molar-refractivity contribution in [3.8, 4) is 0 Å². The summed E-state index contributed by atoms with van der Waals surface area (Å²) in [6.45, 7) is 25.1. The maximum atomic E-state index is 7.07. The summed E-state index contributed by atoms with van der Waals surface area (Å²) in [6, 6.07) is 0. The van der Waals surface area contributed by atoms with E-state index >= 15 is 0 Å². The molecule has 0 radical (unpaired) electrons. The lowest BCUT2D eigenvalue weighted by molar-refractivity contribution is 0.0969.